The van der Waals surface area contributed by atoms with Gasteiger partial charge in [0.2, 0.25) is 0 Å². The fraction of sp³-hybridized carbons (Fsp3) is 0.375. The Morgan fingerprint density at radius 2 is 1.97 bits per heavy atom. The molecule has 31 heavy (non-hydrogen) atoms. The number of aliphatic hydroxyl groups is 1. The molecular weight excluding hydrogens is 392 g/mol. The maximum absolute atomic E-state index is 10.4. The van der Waals surface area contributed by atoms with E-state index in [0.29, 0.717) is 18.0 Å². The first-order valence-corrected chi connectivity index (χ1v) is 10.5. The van der Waals surface area contributed by atoms with Crippen molar-refractivity contribution in [1.82, 2.24) is 19.8 Å². The zero-order chi connectivity index (χ0) is 21.9. The number of nitrogens with zero attached hydrogens (tertiary/aromatic N) is 3. The van der Waals surface area contributed by atoms with E-state index >= 15 is 0 Å². The number of imidazole rings is 1. The van der Waals surface area contributed by atoms with Crippen LogP contribution in [0.3, 0.4) is 0 Å². The van der Waals surface area contributed by atoms with Crippen LogP contribution in [0, 0.1) is 0 Å². The van der Waals surface area contributed by atoms with Gasteiger partial charge in [0.15, 0.2) is 11.5 Å². The lowest BCUT2D eigenvalue weighted by Gasteiger charge is -2.21. The molecule has 0 amide bonds. The summed E-state index contributed by atoms with van der Waals surface area (Å²) in [6.45, 7) is 3.92. The van der Waals surface area contributed by atoms with Gasteiger partial charge in [-0.15, -0.1) is 0 Å². The van der Waals surface area contributed by atoms with Gasteiger partial charge in [-0.2, -0.15) is 0 Å². The van der Waals surface area contributed by atoms with Crippen molar-refractivity contribution in [3.8, 4) is 11.5 Å². The predicted molar refractivity (Wildman–Crippen MR) is 121 cm³/mol. The Hall–Kier alpha value is -2.87. The maximum atomic E-state index is 10.4. The molecule has 3 rings (SSSR count). The molecule has 3 aromatic rings. The van der Waals surface area contributed by atoms with Gasteiger partial charge in [-0.05, 0) is 30.3 Å². The number of aliphatic hydroxyl groups excluding tert-OH is 1. The van der Waals surface area contributed by atoms with Gasteiger partial charge in [0.1, 0.15) is 12.7 Å². The summed E-state index contributed by atoms with van der Waals surface area (Å²) in [5, 5.41) is 13.8. The van der Waals surface area contributed by atoms with Crippen molar-refractivity contribution in [1.29, 1.82) is 0 Å². The molecule has 1 aromatic heterocycles. The van der Waals surface area contributed by atoms with E-state index in [2.05, 4.69) is 27.3 Å². The monoisotopic (exact) mass is 424 g/mol. The number of aromatic nitrogens is 2. The Morgan fingerprint density at radius 3 is 2.71 bits per heavy atom. The summed E-state index contributed by atoms with van der Waals surface area (Å²) in [6, 6.07) is 16.1. The van der Waals surface area contributed by atoms with E-state index in [1.165, 1.54) is 5.56 Å². The van der Waals surface area contributed by atoms with E-state index < -0.39 is 6.10 Å². The predicted octanol–water partition coefficient (Wildman–Crippen LogP) is 2.55. The van der Waals surface area contributed by atoms with Crippen LogP contribution in [-0.2, 0) is 19.6 Å². The summed E-state index contributed by atoms with van der Waals surface area (Å²) >= 11 is 0. The molecule has 0 bridgehead atoms. The molecule has 2 N–H and O–H groups in total. The number of likely N-dealkylation sites (N-methyl/N-ethyl adjacent to an activating group) is 1. The molecule has 0 unspecified atom stereocenters. The van der Waals surface area contributed by atoms with Gasteiger partial charge in [-0.3, -0.25) is 4.90 Å². The lowest BCUT2D eigenvalue weighted by molar-refractivity contribution is 0.0732. The summed E-state index contributed by atoms with van der Waals surface area (Å²) in [5.41, 5.74) is 2.31. The Morgan fingerprint density at radius 1 is 1.13 bits per heavy atom. The highest BCUT2D eigenvalue weighted by Crippen LogP contribution is 2.28. The van der Waals surface area contributed by atoms with Gasteiger partial charge >= 0.3 is 0 Å². The van der Waals surface area contributed by atoms with Gasteiger partial charge in [-0.25, -0.2) is 4.98 Å². The third-order valence-electron chi connectivity index (χ3n) is 4.91. The minimum absolute atomic E-state index is 0.201. The first-order valence-electron chi connectivity index (χ1n) is 10.5. The first kappa shape index (κ1) is 22.8. The molecule has 0 spiro atoms. The molecule has 7 nitrogen and oxygen atoms in total. The molecule has 1 atom stereocenters. The second-order valence-corrected chi connectivity index (χ2v) is 7.61. The zero-order valence-corrected chi connectivity index (χ0v) is 18.3. The normalized spacial score (nSPS) is 12.1. The van der Waals surface area contributed by atoms with Crippen LogP contribution in [0.15, 0.2) is 67.3 Å². The number of nitrogens with one attached hydrogen (secondary N) is 1. The molecule has 0 aliphatic carbocycles. The molecule has 1 heterocycles. The molecule has 0 aliphatic rings. The standard InChI is InChI=1S/C24H32N4O3/c1-27(16-20-6-4-3-5-7-20)17-22(29)18-31-24-14-21(8-9-23(24)30-2)15-25-10-12-28-13-11-26-19-28/h3-9,11,13-14,19,22,25,29H,10,12,15-18H2,1-2H3/t22-/m0/s1. The Kier molecular flexibility index (Phi) is 8.90. The van der Waals surface area contributed by atoms with Crippen LogP contribution in [0.1, 0.15) is 11.1 Å². The Bertz CT molecular complexity index is 887. The highest BCUT2D eigenvalue weighted by molar-refractivity contribution is 5.43. The molecule has 7 heteroatoms. The Labute approximate surface area is 184 Å². The van der Waals surface area contributed by atoms with Crippen LogP contribution in [0.25, 0.3) is 0 Å². The third kappa shape index (κ3) is 7.71. The lowest BCUT2D eigenvalue weighted by Crippen LogP contribution is -2.32. The zero-order valence-electron chi connectivity index (χ0n) is 18.3. The maximum Gasteiger partial charge on any atom is 0.161 e. The van der Waals surface area contributed by atoms with Crippen molar-refractivity contribution >= 4 is 0 Å². The highest BCUT2D eigenvalue weighted by Gasteiger charge is 2.12. The molecule has 0 aliphatic heterocycles. The van der Waals surface area contributed by atoms with Crippen molar-refractivity contribution in [2.45, 2.75) is 25.7 Å². The number of ether oxygens (including phenoxy) is 2. The molecule has 2 aromatic carbocycles. The van der Waals surface area contributed by atoms with Gasteiger partial charge in [-0.1, -0.05) is 36.4 Å². The summed E-state index contributed by atoms with van der Waals surface area (Å²) in [5.74, 6) is 1.30. The van der Waals surface area contributed by atoms with Crippen molar-refractivity contribution in [2.75, 3.05) is 33.9 Å². The lowest BCUT2D eigenvalue weighted by atomic mass is 10.2. The van der Waals surface area contributed by atoms with Crippen LogP contribution in [0.5, 0.6) is 11.5 Å². The number of hydrogen-bond donors (Lipinski definition) is 2. The summed E-state index contributed by atoms with van der Waals surface area (Å²) in [4.78, 5) is 6.13. The minimum Gasteiger partial charge on any atom is -0.493 e. The fourth-order valence-corrected chi connectivity index (χ4v) is 3.36. The summed E-state index contributed by atoms with van der Waals surface area (Å²) < 4.78 is 13.4. The van der Waals surface area contributed by atoms with Crippen LogP contribution in [0.2, 0.25) is 0 Å². The summed E-state index contributed by atoms with van der Waals surface area (Å²) in [6.07, 6.45) is 4.93. The Balaban J connectivity index is 1.45. The quantitative estimate of drug-likeness (QED) is 0.411. The van der Waals surface area contributed by atoms with Crippen LogP contribution in [0.4, 0.5) is 0 Å². The topological polar surface area (TPSA) is 71.8 Å². The van der Waals surface area contributed by atoms with Crippen LogP contribution >= 0.6 is 0 Å². The van der Waals surface area contributed by atoms with E-state index in [1.807, 2.05) is 60.5 Å². The van der Waals surface area contributed by atoms with Crippen molar-refractivity contribution < 1.29 is 14.6 Å². The van der Waals surface area contributed by atoms with Crippen LogP contribution in [-0.4, -0.2) is 59.5 Å². The van der Waals surface area contributed by atoms with Gasteiger partial charge in [0.25, 0.3) is 0 Å². The van der Waals surface area contributed by atoms with E-state index in [9.17, 15) is 5.11 Å². The molecule has 0 saturated carbocycles. The van der Waals surface area contributed by atoms with E-state index in [4.69, 9.17) is 9.47 Å². The highest BCUT2D eigenvalue weighted by atomic mass is 16.5. The number of methoxy groups -OCH3 is 1. The van der Waals surface area contributed by atoms with Crippen LogP contribution < -0.4 is 14.8 Å². The second-order valence-electron chi connectivity index (χ2n) is 7.61. The molecule has 0 fully saturated rings. The molecule has 0 saturated heterocycles. The molecule has 0 radical (unpaired) electrons. The molecular formula is C24H32N4O3. The number of benzene rings is 2. The average molecular weight is 425 g/mol. The van der Waals surface area contributed by atoms with E-state index in [-0.39, 0.29) is 6.61 Å². The van der Waals surface area contributed by atoms with E-state index in [0.717, 1.165) is 31.7 Å². The smallest absolute Gasteiger partial charge is 0.161 e. The van der Waals surface area contributed by atoms with Crippen molar-refractivity contribution in [3.63, 3.8) is 0 Å². The van der Waals surface area contributed by atoms with Gasteiger partial charge in [0, 0.05) is 45.1 Å². The summed E-state index contributed by atoms with van der Waals surface area (Å²) in [7, 11) is 3.61. The molecule has 166 valence electrons. The number of rotatable bonds is 13. The van der Waals surface area contributed by atoms with Gasteiger partial charge in [0.05, 0.1) is 13.4 Å². The minimum atomic E-state index is -0.602. The van der Waals surface area contributed by atoms with Gasteiger partial charge < -0.3 is 24.5 Å². The SMILES string of the molecule is COc1ccc(CNCCn2ccnc2)cc1OC[C@@H](O)CN(C)Cc1ccccc1. The fourth-order valence-electron chi connectivity index (χ4n) is 3.36. The van der Waals surface area contributed by atoms with Crippen molar-refractivity contribution in [3.05, 3.63) is 78.4 Å². The first-order chi connectivity index (χ1) is 15.1. The van der Waals surface area contributed by atoms with E-state index in [1.54, 1.807) is 13.3 Å². The number of hydrogen-bond acceptors (Lipinski definition) is 6. The largest absolute Gasteiger partial charge is 0.493 e. The third-order valence-corrected chi connectivity index (χ3v) is 4.91. The van der Waals surface area contributed by atoms with Crippen molar-refractivity contribution in [2.24, 2.45) is 0 Å². The average Bonchev–Trinajstić information content (AvgIpc) is 3.29. The second kappa shape index (κ2) is 12.1.